The molecule has 2 aromatic heterocycles. The highest BCUT2D eigenvalue weighted by molar-refractivity contribution is 5.77. The zero-order valence-electron chi connectivity index (χ0n) is 18.6. The van der Waals surface area contributed by atoms with Crippen molar-refractivity contribution in [3.63, 3.8) is 0 Å². The Balaban J connectivity index is 1.16. The summed E-state index contributed by atoms with van der Waals surface area (Å²) in [5, 5.41) is 8.02. The molecule has 4 saturated carbocycles. The van der Waals surface area contributed by atoms with Crippen molar-refractivity contribution in [1.29, 1.82) is 0 Å². The average molecular weight is 429 g/mol. The summed E-state index contributed by atoms with van der Waals surface area (Å²) in [6.45, 7) is 4.23. The number of anilines is 3. The highest BCUT2D eigenvalue weighted by Gasteiger charge is 2.52. The van der Waals surface area contributed by atoms with Crippen LogP contribution >= 0.6 is 0 Å². The second kappa shape index (κ2) is 7.20. The fourth-order valence-electron chi connectivity index (χ4n) is 7.53. The third-order valence-corrected chi connectivity index (χ3v) is 8.55. The molecule has 166 valence electrons. The van der Waals surface area contributed by atoms with Crippen LogP contribution in [0, 0.1) is 17.8 Å². The Morgan fingerprint density at radius 2 is 1.59 bits per heavy atom. The first kappa shape index (κ1) is 18.9. The summed E-state index contributed by atoms with van der Waals surface area (Å²) >= 11 is 0. The summed E-state index contributed by atoms with van der Waals surface area (Å²) in [5.74, 6) is 3.46. The van der Waals surface area contributed by atoms with Gasteiger partial charge in [-0.1, -0.05) is 0 Å². The Bertz CT molecular complexity index is 1090. The predicted molar refractivity (Wildman–Crippen MR) is 128 cm³/mol. The number of hydrogen-bond acceptors (Lipinski definition) is 5. The summed E-state index contributed by atoms with van der Waals surface area (Å²) in [6, 6.07) is 10.9. The number of fused-ring (bicyclic) bond motifs is 1. The minimum Gasteiger partial charge on any atom is -0.369 e. The lowest BCUT2D eigenvalue weighted by Crippen LogP contribution is -2.51. The first-order valence-electron chi connectivity index (χ1n) is 12.4. The van der Waals surface area contributed by atoms with Gasteiger partial charge >= 0.3 is 0 Å². The van der Waals surface area contributed by atoms with Crippen LogP contribution in [0.5, 0.6) is 0 Å². The lowest BCUT2D eigenvalue weighted by atomic mass is 9.53. The van der Waals surface area contributed by atoms with Crippen molar-refractivity contribution in [1.82, 2.24) is 19.9 Å². The quantitative estimate of drug-likeness (QED) is 0.640. The molecule has 3 heterocycles. The molecule has 1 aliphatic heterocycles. The molecule has 3 aromatic rings. The Kier molecular flexibility index (Phi) is 4.26. The van der Waals surface area contributed by atoms with Gasteiger partial charge in [0, 0.05) is 60.9 Å². The van der Waals surface area contributed by atoms with Gasteiger partial charge in [0.05, 0.1) is 0 Å². The number of hydrogen-bond donors (Lipinski definition) is 2. The molecular weight excluding hydrogens is 396 g/mol. The molecule has 1 saturated heterocycles. The zero-order chi connectivity index (χ0) is 21.1. The standard InChI is InChI=1S/C26H32N6/c1-3-23(31-9-6-27-7-10-31)4-2-22(1)29-25-28-17-21-5-8-32(24(21)30-25)26-14-18-11-19(15-26)13-20(12-18)16-26/h1-5,8,17-20,27H,6-7,9-16H2,(H,28,29,30). The Hall–Kier alpha value is -2.60. The minimum atomic E-state index is 0.285. The van der Waals surface area contributed by atoms with Crippen LogP contribution in [0.3, 0.4) is 0 Å². The summed E-state index contributed by atoms with van der Waals surface area (Å²) in [6.07, 6.45) is 12.7. The average Bonchev–Trinajstić information content (AvgIpc) is 3.24. The molecule has 4 aliphatic carbocycles. The zero-order valence-corrected chi connectivity index (χ0v) is 18.6. The summed E-state index contributed by atoms with van der Waals surface area (Å²) in [4.78, 5) is 12.1. The maximum Gasteiger partial charge on any atom is 0.229 e. The van der Waals surface area contributed by atoms with Gasteiger partial charge in [-0.3, -0.25) is 0 Å². The highest BCUT2D eigenvalue weighted by atomic mass is 15.2. The van der Waals surface area contributed by atoms with Crippen LogP contribution in [0.2, 0.25) is 0 Å². The number of nitrogens with one attached hydrogen (secondary N) is 2. The summed E-state index contributed by atoms with van der Waals surface area (Å²) in [5.41, 5.74) is 3.70. The second-order valence-corrected chi connectivity index (χ2v) is 10.7. The molecule has 1 aromatic carbocycles. The molecule has 0 atom stereocenters. The fraction of sp³-hybridized carbons (Fsp3) is 0.538. The SMILES string of the molecule is c1cc(N2CCNCC2)ccc1Nc1ncc2ccn(C34CC5CC(CC(C5)C3)C4)c2n1. The van der Waals surface area contributed by atoms with Crippen LogP contribution in [0.15, 0.2) is 42.7 Å². The van der Waals surface area contributed by atoms with E-state index in [0.29, 0.717) is 5.95 Å². The van der Waals surface area contributed by atoms with Crippen molar-refractivity contribution in [2.24, 2.45) is 17.8 Å². The minimum absolute atomic E-state index is 0.285. The van der Waals surface area contributed by atoms with Gasteiger partial charge < -0.3 is 20.1 Å². The van der Waals surface area contributed by atoms with Gasteiger partial charge in [0.2, 0.25) is 5.95 Å². The van der Waals surface area contributed by atoms with Crippen molar-refractivity contribution in [2.45, 2.75) is 44.1 Å². The maximum atomic E-state index is 5.02. The Morgan fingerprint density at radius 1 is 0.906 bits per heavy atom. The van der Waals surface area contributed by atoms with Gasteiger partial charge in [0.15, 0.2) is 0 Å². The van der Waals surface area contributed by atoms with Crippen LogP contribution in [0.1, 0.15) is 38.5 Å². The molecule has 0 unspecified atom stereocenters. The van der Waals surface area contributed by atoms with Crippen molar-refractivity contribution in [3.8, 4) is 0 Å². The van der Waals surface area contributed by atoms with E-state index in [2.05, 4.69) is 61.6 Å². The van der Waals surface area contributed by atoms with Crippen molar-refractivity contribution < 1.29 is 0 Å². The van der Waals surface area contributed by atoms with E-state index in [9.17, 15) is 0 Å². The molecule has 0 amide bonds. The highest BCUT2D eigenvalue weighted by Crippen LogP contribution is 2.59. The molecule has 32 heavy (non-hydrogen) atoms. The Labute approximate surface area is 189 Å². The molecular formula is C26H32N6. The van der Waals surface area contributed by atoms with Crippen molar-refractivity contribution in [2.75, 3.05) is 36.4 Å². The fourth-order valence-corrected chi connectivity index (χ4v) is 7.53. The van der Waals surface area contributed by atoms with Gasteiger partial charge in [-0.25, -0.2) is 4.98 Å². The van der Waals surface area contributed by atoms with Crippen LogP contribution in [-0.2, 0) is 5.54 Å². The van der Waals surface area contributed by atoms with Gasteiger partial charge in [-0.05, 0) is 86.6 Å². The van der Waals surface area contributed by atoms with Crippen LogP contribution in [-0.4, -0.2) is 40.7 Å². The largest absolute Gasteiger partial charge is 0.369 e. The lowest BCUT2D eigenvalue weighted by molar-refractivity contribution is -0.0410. The van der Waals surface area contributed by atoms with E-state index >= 15 is 0 Å². The van der Waals surface area contributed by atoms with Gasteiger partial charge in [0.1, 0.15) is 5.65 Å². The first-order chi connectivity index (χ1) is 15.7. The summed E-state index contributed by atoms with van der Waals surface area (Å²) in [7, 11) is 0. The number of aromatic nitrogens is 3. The van der Waals surface area contributed by atoms with E-state index in [1.165, 1.54) is 44.2 Å². The van der Waals surface area contributed by atoms with Crippen LogP contribution in [0.25, 0.3) is 11.0 Å². The van der Waals surface area contributed by atoms with E-state index in [4.69, 9.17) is 4.98 Å². The van der Waals surface area contributed by atoms with Crippen LogP contribution < -0.4 is 15.5 Å². The van der Waals surface area contributed by atoms with E-state index in [-0.39, 0.29) is 5.54 Å². The molecule has 0 radical (unpaired) electrons. The number of rotatable bonds is 4. The molecule has 6 heteroatoms. The number of benzene rings is 1. The number of nitrogens with zero attached hydrogens (tertiary/aromatic N) is 4. The van der Waals surface area contributed by atoms with Crippen molar-refractivity contribution in [3.05, 3.63) is 42.7 Å². The lowest BCUT2D eigenvalue weighted by Gasteiger charge is -2.57. The van der Waals surface area contributed by atoms with Crippen LogP contribution in [0.4, 0.5) is 17.3 Å². The molecule has 5 fully saturated rings. The molecule has 2 N–H and O–H groups in total. The monoisotopic (exact) mass is 428 g/mol. The molecule has 5 aliphatic rings. The smallest absolute Gasteiger partial charge is 0.229 e. The van der Waals surface area contributed by atoms with Gasteiger partial charge in [-0.2, -0.15) is 4.98 Å². The predicted octanol–water partition coefficient (Wildman–Crippen LogP) is 4.51. The van der Waals surface area contributed by atoms with E-state index in [0.717, 1.165) is 60.7 Å². The molecule has 0 spiro atoms. The molecule has 8 rings (SSSR count). The second-order valence-electron chi connectivity index (χ2n) is 10.7. The summed E-state index contributed by atoms with van der Waals surface area (Å²) < 4.78 is 2.53. The van der Waals surface area contributed by atoms with E-state index in [1.807, 2.05) is 6.20 Å². The van der Waals surface area contributed by atoms with Gasteiger partial charge in [0.25, 0.3) is 0 Å². The Morgan fingerprint density at radius 3 is 2.28 bits per heavy atom. The topological polar surface area (TPSA) is 58.0 Å². The third-order valence-electron chi connectivity index (χ3n) is 8.55. The normalized spacial score (nSPS) is 31.4. The van der Waals surface area contributed by atoms with Crippen molar-refractivity contribution >= 4 is 28.4 Å². The molecule has 6 nitrogen and oxygen atoms in total. The van der Waals surface area contributed by atoms with E-state index in [1.54, 1.807) is 0 Å². The first-order valence-corrected chi connectivity index (χ1v) is 12.4. The molecule has 4 bridgehead atoms. The van der Waals surface area contributed by atoms with E-state index < -0.39 is 0 Å². The third kappa shape index (κ3) is 3.11. The maximum absolute atomic E-state index is 5.02. The number of piperazine rings is 1. The van der Waals surface area contributed by atoms with Gasteiger partial charge in [-0.15, -0.1) is 0 Å².